The van der Waals surface area contributed by atoms with Crippen LogP contribution in [0.4, 0.5) is 0 Å². The van der Waals surface area contributed by atoms with Crippen molar-refractivity contribution in [2.24, 2.45) is 0 Å². The second-order valence-electron chi connectivity index (χ2n) is 6.99. The first-order chi connectivity index (χ1) is 14.0. The van der Waals surface area contributed by atoms with Crippen LogP contribution in [0.2, 0.25) is 0 Å². The number of pyridine rings is 1. The van der Waals surface area contributed by atoms with Gasteiger partial charge in [0.25, 0.3) is 5.91 Å². The van der Waals surface area contributed by atoms with Crippen LogP contribution >= 0.6 is 0 Å². The maximum absolute atomic E-state index is 12.5. The van der Waals surface area contributed by atoms with Crippen LogP contribution in [0.5, 0.6) is 0 Å². The predicted molar refractivity (Wildman–Crippen MR) is 115 cm³/mol. The van der Waals surface area contributed by atoms with E-state index in [4.69, 9.17) is 0 Å². The maximum atomic E-state index is 12.5. The largest absolute Gasteiger partial charge is 0.406 e. The number of nitrogens with one attached hydrogen (secondary N) is 3. The van der Waals surface area contributed by atoms with Gasteiger partial charge in [-0.1, -0.05) is 24.3 Å². The molecule has 0 saturated heterocycles. The van der Waals surface area contributed by atoms with Crippen LogP contribution in [0.15, 0.2) is 54.7 Å². The molecule has 2 amide bonds. The van der Waals surface area contributed by atoms with Crippen LogP contribution < -0.4 is 10.5 Å². The third kappa shape index (κ3) is 3.96. The Morgan fingerprint density at radius 1 is 1.14 bits per heavy atom. The number of aromatic amines is 1. The van der Waals surface area contributed by atoms with E-state index in [9.17, 15) is 9.59 Å². The number of imidazole rings is 1. The fourth-order valence-electron chi connectivity index (χ4n) is 3.22. The minimum absolute atomic E-state index is 0.116. The Balaban J connectivity index is 1.58. The van der Waals surface area contributed by atoms with E-state index in [0.29, 0.717) is 11.4 Å². The number of aromatic nitrogens is 3. The highest BCUT2D eigenvalue weighted by molar-refractivity contribution is 6.14. The van der Waals surface area contributed by atoms with Gasteiger partial charge < -0.3 is 15.5 Å². The summed E-state index contributed by atoms with van der Waals surface area (Å²) in [7, 11) is 1.57. The normalized spacial score (nSPS) is 12.0. The van der Waals surface area contributed by atoms with Gasteiger partial charge in [0.15, 0.2) is 5.82 Å². The number of carbonyl (C=O) groups excluding carboxylic acids is 2. The highest BCUT2D eigenvalue weighted by Crippen LogP contribution is 2.23. The molecule has 0 saturated carbocycles. The van der Waals surface area contributed by atoms with Crippen molar-refractivity contribution >= 4 is 41.6 Å². The van der Waals surface area contributed by atoms with Crippen LogP contribution in [-0.4, -0.2) is 40.8 Å². The van der Waals surface area contributed by atoms with Crippen molar-refractivity contribution in [3.8, 4) is 11.5 Å². The predicted octanol–water partition coefficient (Wildman–Crippen LogP) is 1.95. The SMILES string of the molecule is BNC(=O)CC(C)NC(=O)c1ccc2nc(-c3cc4ccccc4cn3)[nH]c2c1. The number of hydrogen-bond donors (Lipinski definition) is 3. The van der Waals surface area contributed by atoms with Crippen molar-refractivity contribution in [1.82, 2.24) is 25.5 Å². The van der Waals surface area contributed by atoms with E-state index in [1.165, 1.54) is 0 Å². The summed E-state index contributed by atoms with van der Waals surface area (Å²) in [4.78, 5) is 36.3. The van der Waals surface area contributed by atoms with Crippen LogP contribution in [-0.2, 0) is 4.79 Å². The van der Waals surface area contributed by atoms with Crippen LogP contribution in [0.25, 0.3) is 33.3 Å². The van der Waals surface area contributed by atoms with E-state index in [2.05, 4.69) is 25.5 Å². The summed E-state index contributed by atoms with van der Waals surface area (Å²) in [6, 6.07) is 15.0. The first-order valence-electron chi connectivity index (χ1n) is 9.40. The number of amides is 2. The zero-order chi connectivity index (χ0) is 20.4. The van der Waals surface area contributed by atoms with E-state index < -0.39 is 0 Å². The van der Waals surface area contributed by atoms with Crippen molar-refractivity contribution in [2.75, 3.05) is 0 Å². The van der Waals surface area contributed by atoms with Crippen molar-refractivity contribution in [3.05, 3.63) is 60.3 Å². The van der Waals surface area contributed by atoms with Crippen molar-refractivity contribution < 1.29 is 9.59 Å². The molecule has 2 aromatic heterocycles. The Morgan fingerprint density at radius 3 is 2.72 bits per heavy atom. The topological polar surface area (TPSA) is 99.8 Å². The summed E-state index contributed by atoms with van der Waals surface area (Å²) < 4.78 is 0. The fourth-order valence-corrected chi connectivity index (χ4v) is 3.22. The molecule has 0 radical (unpaired) electrons. The molecule has 3 N–H and O–H groups in total. The molecule has 0 bridgehead atoms. The molecule has 7 nitrogen and oxygen atoms in total. The molecule has 0 fully saturated rings. The lowest BCUT2D eigenvalue weighted by Crippen LogP contribution is -2.36. The monoisotopic (exact) mass is 385 g/mol. The Kier molecular flexibility index (Phi) is 4.99. The molecule has 1 atom stereocenters. The molecular formula is C21H20BN5O2. The lowest BCUT2D eigenvalue weighted by Gasteiger charge is -2.13. The Morgan fingerprint density at radius 2 is 1.93 bits per heavy atom. The summed E-state index contributed by atoms with van der Waals surface area (Å²) in [5.74, 6) is 0.300. The summed E-state index contributed by atoms with van der Waals surface area (Å²) in [6.07, 6.45) is 2.05. The maximum Gasteiger partial charge on any atom is 0.251 e. The van der Waals surface area contributed by atoms with Gasteiger partial charge in [-0.15, -0.1) is 0 Å². The van der Waals surface area contributed by atoms with Gasteiger partial charge in [-0.05, 0) is 36.6 Å². The van der Waals surface area contributed by atoms with Gasteiger partial charge in [0.05, 0.1) is 11.0 Å². The molecule has 144 valence electrons. The first kappa shape index (κ1) is 18.7. The van der Waals surface area contributed by atoms with E-state index in [1.54, 1.807) is 33.1 Å². The number of hydrogen-bond acceptors (Lipinski definition) is 4. The minimum Gasteiger partial charge on any atom is -0.406 e. The van der Waals surface area contributed by atoms with Gasteiger partial charge in [-0.3, -0.25) is 14.6 Å². The molecule has 2 heterocycles. The summed E-state index contributed by atoms with van der Waals surface area (Å²) in [6.45, 7) is 1.80. The fraction of sp³-hybridized carbons (Fsp3) is 0.143. The van der Waals surface area contributed by atoms with Crippen LogP contribution in [0.3, 0.4) is 0 Å². The smallest absolute Gasteiger partial charge is 0.251 e. The molecule has 8 heteroatoms. The average molecular weight is 385 g/mol. The highest BCUT2D eigenvalue weighted by atomic mass is 16.2. The number of H-pyrrole nitrogens is 1. The van der Waals surface area contributed by atoms with Crippen molar-refractivity contribution in [2.45, 2.75) is 19.4 Å². The molecular weight excluding hydrogens is 365 g/mol. The minimum atomic E-state index is -0.266. The highest BCUT2D eigenvalue weighted by Gasteiger charge is 2.14. The number of fused-ring (bicyclic) bond motifs is 2. The lowest BCUT2D eigenvalue weighted by molar-refractivity contribution is -0.119. The molecule has 1 unspecified atom stereocenters. The first-order valence-corrected chi connectivity index (χ1v) is 9.40. The molecule has 0 aliphatic heterocycles. The molecule has 0 aliphatic carbocycles. The van der Waals surface area contributed by atoms with Gasteiger partial charge in [0, 0.05) is 29.6 Å². The average Bonchev–Trinajstić information content (AvgIpc) is 3.16. The van der Waals surface area contributed by atoms with Gasteiger partial charge in [-0.25, -0.2) is 4.98 Å². The van der Waals surface area contributed by atoms with Crippen molar-refractivity contribution in [3.63, 3.8) is 0 Å². The molecule has 4 aromatic rings. The summed E-state index contributed by atoms with van der Waals surface area (Å²) in [5.41, 5.74) is 2.75. The van der Waals surface area contributed by atoms with Gasteiger partial charge in [0.2, 0.25) is 13.9 Å². The standard InChI is InChI=1S/C21H20BN5O2/c1-12(8-19(28)27-22)24-21(29)14-6-7-16-17(10-14)26-20(25-16)18-9-13-4-2-3-5-15(13)11-23-18/h2-7,9-12H,8,22H2,1H3,(H,24,29)(H,25,26)(H,27,28). The van der Waals surface area contributed by atoms with E-state index in [0.717, 1.165) is 27.5 Å². The van der Waals surface area contributed by atoms with Gasteiger partial charge in [-0.2, -0.15) is 0 Å². The molecule has 2 aromatic carbocycles. The molecule has 4 rings (SSSR count). The summed E-state index contributed by atoms with van der Waals surface area (Å²) in [5, 5.41) is 7.54. The molecule has 0 spiro atoms. The number of carbonyl (C=O) groups is 2. The zero-order valence-electron chi connectivity index (χ0n) is 16.2. The number of benzene rings is 2. The van der Waals surface area contributed by atoms with Gasteiger partial charge >= 0.3 is 0 Å². The Labute approximate surface area is 168 Å². The second-order valence-corrected chi connectivity index (χ2v) is 6.99. The van der Waals surface area contributed by atoms with Gasteiger partial charge in [0.1, 0.15) is 5.69 Å². The van der Waals surface area contributed by atoms with E-state index in [1.807, 2.05) is 36.5 Å². The Bertz CT molecular complexity index is 1220. The lowest BCUT2D eigenvalue weighted by atomic mass is 10.1. The Hall–Kier alpha value is -3.68. The quantitative estimate of drug-likeness (QED) is 0.457. The van der Waals surface area contributed by atoms with E-state index >= 15 is 0 Å². The molecule has 29 heavy (non-hydrogen) atoms. The molecule has 0 aliphatic rings. The van der Waals surface area contributed by atoms with Crippen LogP contribution in [0, 0.1) is 0 Å². The third-order valence-corrected chi connectivity index (χ3v) is 4.77. The second kappa shape index (κ2) is 7.75. The van der Waals surface area contributed by atoms with Crippen LogP contribution in [0.1, 0.15) is 23.7 Å². The number of rotatable bonds is 5. The van der Waals surface area contributed by atoms with Crippen molar-refractivity contribution in [1.29, 1.82) is 0 Å². The third-order valence-electron chi connectivity index (χ3n) is 4.77. The number of nitrogens with zero attached hydrogens (tertiary/aromatic N) is 2. The summed E-state index contributed by atoms with van der Waals surface area (Å²) >= 11 is 0. The van der Waals surface area contributed by atoms with E-state index in [-0.39, 0.29) is 24.3 Å². The zero-order valence-corrected chi connectivity index (χ0v) is 16.2.